The van der Waals surface area contributed by atoms with Gasteiger partial charge in [-0.25, -0.2) is 9.96 Å². The van der Waals surface area contributed by atoms with Crippen molar-refractivity contribution in [3.05, 3.63) is 82.4 Å². The number of benzene rings is 3. The van der Waals surface area contributed by atoms with Gasteiger partial charge in [0.05, 0.1) is 49.3 Å². The van der Waals surface area contributed by atoms with Crippen molar-refractivity contribution in [2.24, 2.45) is 5.92 Å². The Labute approximate surface area is 211 Å². The Morgan fingerprint density at radius 1 is 0.838 bits per heavy atom. The van der Waals surface area contributed by atoms with Gasteiger partial charge in [0.15, 0.2) is 17.6 Å². The van der Waals surface area contributed by atoms with Crippen molar-refractivity contribution < 1.29 is 33.6 Å². The number of fused-ring (bicyclic) bond motifs is 1. The fourth-order valence-corrected chi connectivity index (χ4v) is 4.86. The lowest BCUT2D eigenvalue weighted by molar-refractivity contribution is -0.385. The number of nitro benzene ring substituents is 1. The number of carbonyl (C=O) groups is 2. The van der Waals surface area contributed by atoms with Gasteiger partial charge in [-0.15, -0.1) is 0 Å². The molecule has 0 bridgehead atoms. The van der Waals surface area contributed by atoms with E-state index in [0.29, 0.717) is 11.4 Å². The summed E-state index contributed by atoms with van der Waals surface area (Å²) >= 11 is 0. The summed E-state index contributed by atoms with van der Waals surface area (Å²) in [5.41, 5.74) is 0.631. The average molecular weight is 505 g/mol. The molecule has 0 radical (unpaired) electrons. The molecule has 0 saturated carbocycles. The van der Waals surface area contributed by atoms with Gasteiger partial charge in [0.25, 0.3) is 11.6 Å². The van der Waals surface area contributed by atoms with Crippen molar-refractivity contribution in [3.8, 4) is 17.2 Å². The standard InChI is InChI=1S/C26H23N3O8/c1-34-19-12-8-7-11-17(19)27-25(30)22-23(16-13-20(35-2)21(36-3)14-18(16)29(32)33)28(37-24(22)26(27)31)15-9-5-4-6-10-15/h4-14,22-24H,1-3H3/t22-,23-,24-/m1/s1. The molecule has 11 nitrogen and oxygen atoms in total. The molecular formula is C26H23N3O8. The number of nitro groups is 1. The summed E-state index contributed by atoms with van der Waals surface area (Å²) in [6.45, 7) is 0. The molecular weight excluding hydrogens is 482 g/mol. The van der Waals surface area contributed by atoms with Crippen molar-refractivity contribution in [1.82, 2.24) is 0 Å². The predicted octanol–water partition coefficient (Wildman–Crippen LogP) is 3.67. The van der Waals surface area contributed by atoms with Gasteiger partial charge in [-0.2, -0.15) is 0 Å². The summed E-state index contributed by atoms with van der Waals surface area (Å²) in [6.07, 6.45) is -1.21. The molecule has 0 aliphatic carbocycles. The van der Waals surface area contributed by atoms with Gasteiger partial charge in [-0.05, 0) is 30.3 Å². The van der Waals surface area contributed by atoms with Crippen LogP contribution in [0.15, 0.2) is 66.7 Å². The van der Waals surface area contributed by atoms with Crippen LogP contribution in [-0.2, 0) is 14.4 Å². The van der Waals surface area contributed by atoms with Crippen LogP contribution >= 0.6 is 0 Å². The zero-order chi connectivity index (χ0) is 26.3. The van der Waals surface area contributed by atoms with E-state index in [-0.39, 0.29) is 28.4 Å². The van der Waals surface area contributed by atoms with Gasteiger partial charge >= 0.3 is 0 Å². The third-order valence-electron chi connectivity index (χ3n) is 6.50. The number of ether oxygens (including phenoxy) is 3. The molecule has 0 spiro atoms. The second kappa shape index (κ2) is 9.43. The summed E-state index contributed by atoms with van der Waals surface area (Å²) in [5.74, 6) is -1.52. The van der Waals surface area contributed by atoms with E-state index in [2.05, 4.69) is 0 Å². The summed E-state index contributed by atoms with van der Waals surface area (Å²) < 4.78 is 16.0. The van der Waals surface area contributed by atoms with Gasteiger partial charge in [0.2, 0.25) is 5.91 Å². The zero-order valence-corrected chi connectivity index (χ0v) is 20.2. The highest BCUT2D eigenvalue weighted by molar-refractivity contribution is 6.24. The van der Waals surface area contributed by atoms with Crippen LogP contribution in [0.4, 0.5) is 17.1 Å². The monoisotopic (exact) mass is 505 g/mol. The smallest absolute Gasteiger partial charge is 0.278 e. The van der Waals surface area contributed by atoms with Gasteiger partial charge < -0.3 is 14.2 Å². The van der Waals surface area contributed by atoms with Crippen LogP contribution in [0, 0.1) is 16.0 Å². The second-order valence-electron chi connectivity index (χ2n) is 8.36. The number of rotatable bonds is 7. The van der Waals surface area contributed by atoms with Gasteiger partial charge in [0.1, 0.15) is 17.7 Å². The van der Waals surface area contributed by atoms with Gasteiger partial charge in [0, 0.05) is 0 Å². The second-order valence-corrected chi connectivity index (χ2v) is 8.36. The molecule has 5 rings (SSSR count). The molecule has 0 aromatic heterocycles. The van der Waals surface area contributed by atoms with Crippen LogP contribution in [0.5, 0.6) is 17.2 Å². The van der Waals surface area contributed by atoms with Crippen LogP contribution in [0.2, 0.25) is 0 Å². The van der Waals surface area contributed by atoms with Crippen LogP contribution in [0.25, 0.3) is 0 Å². The first-order valence-corrected chi connectivity index (χ1v) is 11.3. The van der Waals surface area contributed by atoms with Crippen LogP contribution in [0.3, 0.4) is 0 Å². The quantitative estimate of drug-likeness (QED) is 0.269. The predicted molar refractivity (Wildman–Crippen MR) is 132 cm³/mol. The van der Waals surface area contributed by atoms with E-state index in [1.165, 1.54) is 38.5 Å². The van der Waals surface area contributed by atoms with Crippen molar-refractivity contribution in [2.45, 2.75) is 12.1 Å². The number of anilines is 2. The molecule has 2 aliphatic heterocycles. The van der Waals surface area contributed by atoms with E-state index in [4.69, 9.17) is 19.0 Å². The van der Waals surface area contributed by atoms with Crippen LogP contribution in [-0.4, -0.2) is 44.2 Å². The zero-order valence-electron chi connectivity index (χ0n) is 20.2. The van der Waals surface area contributed by atoms with Gasteiger partial charge in [-0.3, -0.25) is 24.5 Å². The molecule has 2 saturated heterocycles. The van der Waals surface area contributed by atoms with Crippen LogP contribution < -0.4 is 24.2 Å². The Hall–Kier alpha value is -4.64. The third kappa shape index (κ3) is 3.80. The Morgan fingerprint density at radius 3 is 2.11 bits per heavy atom. The first kappa shape index (κ1) is 24.1. The molecule has 2 aliphatic rings. The van der Waals surface area contributed by atoms with E-state index in [1.807, 2.05) is 0 Å². The number of hydroxylamine groups is 1. The summed E-state index contributed by atoms with van der Waals surface area (Å²) in [7, 11) is 4.22. The first-order valence-electron chi connectivity index (χ1n) is 11.3. The third-order valence-corrected chi connectivity index (χ3v) is 6.50. The minimum Gasteiger partial charge on any atom is -0.495 e. The molecule has 3 aromatic rings. The number of carbonyl (C=O) groups excluding carboxylic acids is 2. The average Bonchev–Trinajstić information content (AvgIpc) is 3.43. The number of amides is 2. The van der Waals surface area contributed by atoms with E-state index in [0.717, 1.165) is 4.90 Å². The number of methoxy groups -OCH3 is 3. The molecule has 190 valence electrons. The van der Waals surface area contributed by atoms with E-state index < -0.39 is 34.8 Å². The van der Waals surface area contributed by atoms with E-state index in [1.54, 1.807) is 54.6 Å². The maximum Gasteiger partial charge on any atom is 0.278 e. The normalized spacial score (nSPS) is 20.7. The highest BCUT2D eigenvalue weighted by atomic mass is 16.7. The summed E-state index contributed by atoms with van der Waals surface area (Å²) in [5, 5.41) is 13.6. The number of hydrogen-bond acceptors (Lipinski definition) is 9. The fourth-order valence-electron chi connectivity index (χ4n) is 4.86. The lowest BCUT2D eigenvalue weighted by Crippen LogP contribution is -2.37. The largest absolute Gasteiger partial charge is 0.495 e. The highest BCUT2D eigenvalue weighted by Gasteiger charge is 2.61. The van der Waals surface area contributed by atoms with Crippen molar-refractivity contribution in [2.75, 3.05) is 31.3 Å². The summed E-state index contributed by atoms with van der Waals surface area (Å²) in [6, 6.07) is 17.1. The lowest BCUT2D eigenvalue weighted by Gasteiger charge is -2.29. The SMILES string of the molecule is COc1cc([C@@H]2[C@H]3C(=O)N(c4ccccc4OC)C(=O)[C@@H]3ON2c2ccccc2)c([N+](=O)[O-])cc1OC. The number of para-hydroxylation sites is 3. The Balaban J connectivity index is 1.69. The highest BCUT2D eigenvalue weighted by Crippen LogP contribution is 2.51. The summed E-state index contributed by atoms with van der Waals surface area (Å²) in [4.78, 5) is 46.2. The van der Waals surface area contributed by atoms with Crippen molar-refractivity contribution >= 4 is 28.9 Å². The molecule has 2 fully saturated rings. The molecule has 3 atom stereocenters. The molecule has 0 unspecified atom stereocenters. The Morgan fingerprint density at radius 2 is 1.46 bits per heavy atom. The minimum atomic E-state index is -1.21. The number of nitrogens with zero attached hydrogens (tertiary/aromatic N) is 3. The number of hydrogen-bond donors (Lipinski definition) is 0. The van der Waals surface area contributed by atoms with E-state index in [9.17, 15) is 19.7 Å². The van der Waals surface area contributed by atoms with Crippen molar-refractivity contribution in [3.63, 3.8) is 0 Å². The molecule has 3 aromatic carbocycles. The minimum absolute atomic E-state index is 0.141. The molecule has 2 amide bonds. The topological polar surface area (TPSA) is 121 Å². The van der Waals surface area contributed by atoms with Crippen molar-refractivity contribution in [1.29, 1.82) is 0 Å². The maximum absolute atomic E-state index is 13.9. The number of imide groups is 1. The van der Waals surface area contributed by atoms with E-state index >= 15 is 0 Å². The molecule has 37 heavy (non-hydrogen) atoms. The lowest BCUT2D eigenvalue weighted by atomic mass is 9.89. The Kier molecular flexibility index (Phi) is 6.14. The van der Waals surface area contributed by atoms with Gasteiger partial charge in [-0.1, -0.05) is 30.3 Å². The van der Waals surface area contributed by atoms with Crippen LogP contribution in [0.1, 0.15) is 11.6 Å². The molecule has 0 N–H and O–H groups in total. The maximum atomic E-state index is 13.9. The fraction of sp³-hybridized carbons (Fsp3) is 0.231. The molecule has 11 heteroatoms. The molecule has 2 heterocycles. The first-order chi connectivity index (χ1) is 17.9. The Bertz CT molecular complexity index is 1380.